The van der Waals surface area contributed by atoms with E-state index in [4.69, 9.17) is 26.8 Å². The molecule has 0 saturated carbocycles. The Morgan fingerprint density at radius 3 is 2.52 bits per heavy atom. The van der Waals surface area contributed by atoms with Crippen LogP contribution in [0.1, 0.15) is 10.4 Å². The molecule has 2 rings (SSSR count). The van der Waals surface area contributed by atoms with Crippen molar-refractivity contribution < 1.29 is 14.3 Å². The molecule has 0 spiro atoms. The van der Waals surface area contributed by atoms with Crippen molar-refractivity contribution in [2.75, 3.05) is 25.3 Å². The predicted octanol–water partition coefficient (Wildman–Crippen LogP) is 3.19. The average molecular weight is 307 g/mol. The number of methoxy groups -OCH3 is 2. The van der Waals surface area contributed by atoms with Gasteiger partial charge in [-0.05, 0) is 18.2 Å². The number of hydrogen-bond donors (Lipinski definition) is 2. The van der Waals surface area contributed by atoms with Gasteiger partial charge >= 0.3 is 0 Å². The molecule has 0 radical (unpaired) electrons. The van der Waals surface area contributed by atoms with E-state index in [1.54, 1.807) is 36.4 Å². The molecular formula is C15H15ClN2O3. The smallest absolute Gasteiger partial charge is 0.258 e. The van der Waals surface area contributed by atoms with E-state index in [2.05, 4.69) is 5.32 Å². The van der Waals surface area contributed by atoms with Gasteiger partial charge in [-0.15, -0.1) is 0 Å². The Balaban J connectivity index is 2.37. The van der Waals surface area contributed by atoms with Crippen LogP contribution in [0.3, 0.4) is 0 Å². The molecule has 0 aliphatic heterocycles. The first-order valence-electron chi connectivity index (χ1n) is 6.14. The monoisotopic (exact) mass is 306 g/mol. The van der Waals surface area contributed by atoms with Crippen LogP contribution in [0.15, 0.2) is 36.4 Å². The average Bonchev–Trinajstić information content (AvgIpc) is 2.49. The topological polar surface area (TPSA) is 73.6 Å². The molecule has 0 heterocycles. The summed E-state index contributed by atoms with van der Waals surface area (Å²) in [5.41, 5.74) is 6.94. The number of amides is 1. The molecule has 21 heavy (non-hydrogen) atoms. The third kappa shape index (κ3) is 3.20. The van der Waals surface area contributed by atoms with Crippen LogP contribution in [0.2, 0.25) is 5.02 Å². The zero-order valence-electron chi connectivity index (χ0n) is 11.6. The second-order valence-electron chi connectivity index (χ2n) is 4.22. The number of carbonyl (C=O) groups excluding carboxylic acids is 1. The van der Waals surface area contributed by atoms with E-state index in [0.717, 1.165) is 0 Å². The molecule has 0 aliphatic rings. The summed E-state index contributed by atoms with van der Waals surface area (Å²) in [5, 5.41) is 3.15. The van der Waals surface area contributed by atoms with Gasteiger partial charge in [-0.3, -0.25) is 4.79 Å². The molecule has 0 aromatic heterocycles. The van der Waals surface area contributed by atoms with Crippen LogP contribution in [0.4, 0.5) is 11.4 Å². The number of carbonyl (C=O) groups is 1. The summed E-state index contributed by atoms with van der Waals surface area (Å²) >= 11 is 6.02. The fourth-order valence-corrected chi connectivity index (χ4v) is 2.01. The van der Waals surface area contributed by atoms with Gasteiger partial charge in [-0.2, -0.15) is 0 Å². The molecule has 0 unspecified atom stereocenters. The van der Waals surface area contributed by atoms with Crippen LogP contribution >= 0.6 is 11.6 Å². The third-order valence-corrected chi connectivity index (χ3v) is 3.27. The first kappa shape index (κ1) is 15.0. The van der Waals surface area contributed by atoms with Gasteiger partial charge in [0.25, 0.3) is 5.91 Å². The van der Waals surface area contributed by atoms with Gasteiger partial charge in [0.2, 0.25) is 0 Å². The van der Waals surface area contributed by atoms with Gasteiger partial charge in [0.05, 0.1) is 36.2 Å². The maximum absolute atomic E-state index is 12.4. The molecule has 6 heteroatoms. The summed E-state index contributed by atoms with van der Waals surface area (Å²) in [6.45, 7) is 0. The highest BCUT2D eigenvalue weighted by Gasteiger charge is 2.16. The van der Waals surface area contributed by atoms with Crippen molar-refractivity contribution in [3.63, 3.8) is 0 Å². The van der Waals surface area contributed by atoms with Gasteiger partial charge in [0, 0.05) is 6.07 Å². The summed E-state index contributed by atoms with van der Waals surface area (Å²) in [4.78, 5) is 12.4. The number of ether oxygens (including phenoxy) is 2. The molecule has 1 amide bonds. The maximum Gasteiger partial charge on any atom is 0.258 e. The number of anilines is 2. The highest BCUT2D eigenvalue weighted by molar-refractivity contribution is 6.34. The number of rotatable bonds is 4. The third-order valence-electron chi connectivity index (χ3n) is 2.94. The van der Waals surface area contributed by atoms with E-state index >= 15 is 0 Å². The summed E-state index contributed by atoms with van der Waals surface area (Å²) in [6.07, 6.45) is 0. The number of hydrogen-bond acceptors (Lipinski definition) is 4. The Morgan fingerprint density at radius 1 is 1.19 bits per heavy atom. The van der Waals surface area contributed by atoms with Crippen LogP contribution < -0.4 is 20.5 Å². The lowest BCUT2D eigenvalue weighted by molar-refractivity contribution is 0.102. The van der Waals surface area contributed by atoms with Crippen molar-refractivity contribution in [3.8, 4) is 11.5 Å². The van der Waals surface area contributed by atoms with Crippen molar-refractivity contribution in [3.05, 3.63) is 47.0 Å². The molecule has 0 atom stereocenters. The van der Waals surface area contributed by atoms with Crippen molar-refractivity contribution >= 4 is 28.9 Å². The molecule has 2 aromatic rings. The van der Waals surface area contributed by atoms with Crippen LogP contribution in [0, 0.1) is 0 Å². The number of nitrogens with two attached hydrogens (primary N) is 1. The van der Waals surface area contributed by atoms with E-state index in [1.165, 1.54) is 14.2 Å². The first-order chi connectivity index (χ1) is 10.1. The molecule has 0 aliphatic carbocycles. The predicted molar refractivity (Wildman–Crippen MR) is 83.4 cm³/mol. The fourth-order valence-electron chi connectivity index (χ4n) is 1.83. The minimum absolute atomic E-state index is 0.239. The van der Waals surface area contributed by atoms with Crippen LogP contribution in [-0.4, -0.2) is 20.1 Å². The normalized spacial score (nSPS) is 10.0. The van der Waals surface area contributed by atoms with E-state index in [-0.39, 0.29) is 11.3 Å². The Labute approximate surface area is 127 Å². The Hall–Kier alpha value is -2.40. The molecule has 5 nitrogen and oxygen atoms in total. The number of benzene rings is 2. The van der Waals surface area contributed by atoms with Crippen molar-refractivity contribution in [1.82, 2.24) is 0 Å². The van der Waals surface area contributed by atoms with E-state index in [1.807, 2.05) is 0 Å². The summed E-state index contributed by atoms with van der Waals surface area (Å²) in [5.74, 6) is 0.460. The molecule has 2 aromatic carbocycles. The molecule has 0 fully saturated rings. The molecule has 110 valence electrons. The van der Waals surface area contributed by atoms with Crippen LogP contribution in [0.25, 0.3) is 0 Å². The second kappa shape index (κ2) is 6.37. The highest BCUT2D eigenvalue weighted by atomic mass is 35.5. The zero-order chi connectivity index (χ0) is 15.4. The van der Waals surface area contributed by atoms with Crippen molar-refractivity contribution in [2.24, 2.45) is 0 Å². The number of nitrogen functional groups attached to an aromatic ring is 1. The Kier molecular flexibility index (Phi) is 4.55. The second-order valence-corrected chi connectivity index (χ2v) is 4.63. The van der Waals surface area contributed by atoms with Crippen molar-refractivity contribution in [1.29, 1.82) is 0 Å². The maximum atomic E-state index is 12.4. The zero-order valence-corrected chi connectivity index (χ0v) is 12.4. The van der Waals surface area contributed by atoms with E-state index in [9.17, 15) is 4.79 Å². The number of para-hydroxylation sites is 1. The van der Waals surface area contributed by atoms with Crippen molar-refractivity contribution in [2.45, 2.75) is 0 Å². The lowest BCUT2D eigenvalue weighted by atomic mass is 10.1. The van der Waals surface area contributed by atoms with Crippen LogP contribution in [0.5, 0.6) is 11.5 Å². The van der Waals surface area contributed by atoms with Crippen LogP contribution in [-0.2, 0) is 0 Å². The fraction of sp³-hybridized carbons (Fsp3) is 0.133. The minimum Gasteiger partial charge on any atom is -0.497 e. The van der Waals surface area contributed by atoms with E-state index in [0.29, 0.717) is 22.2 Å². The summed E-state index contributed by atoms with van der Waals surface area (Å²) in [6, 6.07) is 10.1. The molecule has 0 bridgehead atoms. The summed E-state index contributed by atoms with van der Waals surface area (Å²) in [7, 11) is 2.97. The number of halogens is 1. The molecule has 3 N–H and O–H groups in total. The van der Waals surface area contributed by atoms with Gasteiger partial charge in [-0.25, -0.2) is 0 Å². The largest absolute Gasteiger partial charge is 0.497 e. The minimum atomic E-state index is -0.391. The SMILES string of the molecule is COc1cc(OC)c(N)c(C(=O)Nc2ccccc2Cl)c1. The Morgan fingerprint density at radius 2 is 1.90 bits per heavy atom. The quantitative estimate of drug-likeness (QED) is 0.851. The van der Waals surface area contributed by atoms with E-state index < -0.39 is 5.91 Å². The lowest BCUT2D eigenvalue weighted by Gasteiger charge is -2.13. The standard InChI is InChI=1S/C15H15ClN2O3/c1-20-9-7-10(14(17)13(8-9)21-2)15(19)18-12-6-4-3-5-11(12)16/h3-8H,17H2,1-2H3,(H,18,19). The van der Waals surface area contributed by atoms with Gasteiger partial charge < -0.3 is 20.5 Å². The number of nitrogens with one attached hydrogen (secondary N) is 1. The van der Waals surface area contributed by atoms with Gasteiger partial charge in [0.15, 0.2) is 0 Å². The van der Waals surface area contributed by atoms with Gasteiger partial charge in [-0.1, -0.05) is 23.7 Å². The highest BCUT2D eigenvalue weighted by Crippen LogP contribution is 2.32. The molecule has 0 saturated heterocycles. The Bertz CT molecular complexity index is 674. The first-order valence-corrected chi connectivity index (χ1v) is 6.52. The molecular weight excluding hydrogens is 292 g/mol. The van der Waals surface area contributed by atoms with Gasteiger partial charge in [0.1, 0.15) is 11.5 Å². The summed E-state index contributed by atoms with van der Waals surface area (Å²) < 4.78 is 10.3. The lowest BCUT2D eigenvalue weighted by Crippen LogP contribution is -2.15.